The van der Waals surface area contributed by atoms with Crippen molar-refractivity contribution < 1.29 is 31.1 Å². The number of rotatable bonds is 2. The maximum absolute atomic E-state index is 12.8. The molecule has 0 saturated heterocycles. The van der Waals surface area contributed by atoms with Crippen molar-refractivity contribution in [3.8, 4) is 17.0 Å². The summed E-state index contributed by atoms with van der Waals surface area (Å²) in [5.74, 6) is -0.613. The second kappa shape index (κ2) is 5.94. The lowest BCUT2D eigenvalue weighted by Crippen LogP contribution is -2.17. The van der Waals surface area contributed by atoms with Gasteiger partial charge in [-0.1, -0.05) is 12.1 Å². The van der Waals surface area contributed by atoms with Crippen molar-refractivity contribution in [3.63, 3.8) is 0 Å². The first-order valence-electron chi connectivity index (χ1n) is 5.66. The maximum atomic E-state index is 12.8. The van der Waals surface area contributed by atoms with Gasteiger partial charge in [0.1, 0.15) is 11.4 Å². The molecule has 2 aromatic rings. The predicted octanol–water partition coefficient (Wildman–Crippen LogP) is 5.27. The minimum atomic E-state index is -4.95. The van der Waals surface area contributed by atoms with Gasteiger partial charge in [0.25, 0.3) is 0 Å². The Labute approximate surface area is 134 Å². The Bertz CT molecular complexity index is 683. The van der Waals surface area contributed by atoms with Crippen molar-refractivity contribution in [3.05, 3.63) is 45.7 Å². The van der Waals surface area contributed by atoms with Crippen LogP contribution in [-0.2, 0) is 6.18 Å². The van der Waals surface area contributed by atoms with Gasteiger partial charge in [-0.3, -0.25) is 0 Å². The molecule has 0 saturated carbocycles. The van der Waals surface area contributed by atoms with Crippen molar-refractivity contribution in [2.24, 2.45) is 0 Å². The standard InChI is InChI=1S/C13H6F6INO/c14-12(15,16)11-6-7(20)5-9(21-11)8-3-1-2-4-10(8)22-13(17,18)19/h1-6H. The predicted molar refractivity (Wildman–Crippen MR) is 74.1 cm³/mol. The Balaban J connectivity index is 2.55. The fourth-order valence-electron chi connectivity index (χ4n) is 1.67. The van der Waals surface area contributed by atoms with Gasteiger partial charge in [0.2, 0.25) is 0 Å². The zero-order chi connectivity index (χ0) is 16.5. The molecular formula is C13H6F6INO. The summed E-state index contributed by atoms with van der Waals surface area (Å²) in [6.07, 6.45) is -9.65. The van der Waals surface area contributed by atoms with Crippen molar-refractivity contribution >= 4 is 22.6 Å². The number of halogens is 7. The average molecular weight is 433 g/mol. The van der Waals surface area contributed by atoms with Gasteiger partial charge < -0.3 is 4.74 Å². The molecule has 0 unspecified atom stereocenters. The molecule has 0 aliphatic carbocycles. The molecule has 118 valence electrons. The SMILES string of the molecule is FC(F)(F)Oc1ccccc1-c1cc(I)cc(C(F)(F)F)n1. The topological polar surface area (TPSA) is 22.1 Å². The number of alkyl halides is 6. The number of hydrogen-bond donors (Lipinski definition) is 0. The first-order chi connectivity index (χ1) is 10.1. The van der Waals surface area contributed by atoms with E-state index in [4.69, 9.17) is 0 Å². The molecule has 0 radical (unpaired) electrons. The number of aromatic nitrogens is 1. The molecule has 1 heterocycles. The minimum Gasteiger partial charge on any atom is -0.405 e. The minimum absolute atomic E-state index is 0.177. The number of ether oxygens (including phenoxy) is 1. The molecule has 0 N–H and O–H groups in total. The summed E-state index contributed by atoms with van der Waals surface area (Å²) in [6.45, 7) is 0. The molecule has 0 fully saturated rings. The molecule has 2 rings (SSSR count). The largest absolute Gasteiger partial charge is 0.573 e. The van der Waals surface area contributed by atoms with Crippen molar-refractivity contribution in [2.75, 3.05) is 0 Å². The van der Waals surface area contributed by atoms with E-state index < -0.39 is 24.0 Å². The summed E-state index contributed by atoms with van der Waals surface area (Å²) >= 11 is 1.63. The lowest BCUT2D eigenvalue weighted by molar-refractivity contribution is -0.274. The third-order valence-corrected chi connectivity index (χ3v) is 3.09. The molecule has 0 amide bonds. The Hall–Kier alpha value is -1.52. The lowest BCUT2D eigenvalue weighted by Gasteiger charge is -2.14. The number of benzene rings is 1. The lowest BCUT2D eigenvalue weighted by atomic mass is 10.1. The Morgan fingerprint density at radius 2 is 1.59 bits per heavy atom. The van der Waals surface area contributed by atoms with E-state index >= 15 is 0 Å². The highest BCUT2D eigenvalue weighted by Crippen LogP contribution is 2.36. The molecule has 0 bridgehead atoms. The first-order valence-corrected chi connectivity index (χ1v) is 6.74. The fraction of sp³-hybridized carbons (Fsp3) is 0.154. The summed E-state index contributed by atoms with van der Waals surface area (Å²) in [6, 6.07) is 6.93. The van der Waals surface area contributed by atoms with Gasteiger partial charge in [-0.2, -0.15) is 13.2 Å². The van der Waals surface area contributed by atoms with Crippen LogP contribution in [0.4, 0.5) is 26.3 Å². The summed E-state index contributed by atoms with van der Waals surface area (Å²) in [5, 5.41) is 0. The molecule has 0 aliphatic heterocycles. The third kappa shape index (κ3) is 4.24. The molecule has 1 aromatic carbocycles. The highest BCUT2D eigenvalue weighted by atomic mass is 127. The number of nitrogens with zero attached hydrogens (tertiary/aromatic N) is 1. The van der Waals surface area contributed by atoms with Gasteiger partial charge in [0.15, 0.2) is 0 Å². The zero-order valence-corrected chi connectivity index (χ0v) is 12.6. The smallest absolute Gasteiger partial charge is 0.405 e. The van der Waals surface area contributed by atoms with E-state index in [1.165, 1.54) is 24.3 Å². The van der Waals surface area contributed by atoms with Gasteiger partial charge in [-0.25, -0.2) is 4.98 Å². The average Bonchev–Trinajstić information content (AvgIpc) is 2.35. The zero-order valence-electron chi connectivity index (χ0n) is 10.5. The van der Waals surface area contributed by atoms with E-state index in [0.717, 1.165) is 12.1 Å². The van der Waals surface area contributed by atoms with Crippen LogP contribution < -0.4 is 4.74 Å². The van der Waals surface area contributed by atoms with Crippen molar-refractivity contribution in [1.82, 2.24) is 4.98 Å². The Morgan fingerprint density at radius 3 is 2.18 bits per heavy atom. The normalized spacial score (nSPS) is 12.3. The number of para-hydroxylation sites is 1. The molecule has 0 atom stereocenters. The van der Waals surface area contributed by atoms with Gasteiger partial charge in [-0.05, 0) is 46.9 Å². The molecule has 9 heteroatoms. The van der Waals surface area contributed by atoms with Crippen LogP contribution in [-0.4, -0.2) is 11.3 Å². The van der Waals surface area contributed by atoms with Gasteiger partial charge in [-0.15, -0.1) is 13.2 Å². The quantitative estimate of drug-likeness (QED) is 0.476. The van der Waals surface area contributed by atoms with E-state index in [0.29, 0.717) is 0 Å². The summed E-state index contributed by atoms with van der Waals surface area (Å²) in [5.41, 5.74) is -1.61. The van der Waals surface area contributed by atoms with E-state index in [-0.39, 0.29) is 14.8 Å². The monoisotopic (exact) mass is 433 g/mol. The third-order valence-electron chi connectivity index (χ3n) is 2.47. The van der Waals surface area contributed by atoms with Crippen LogP contribution in [0.2, 0.25) is 0 Å². The van der Waals surface area contributed by atoms with Crippen LogP contribution in [0.1, 0.15) is 5.69 Å². The van der Waals surface area contributed by atoms with Crippen molar-refractivity contribution in [1.29, 1.82) is 0 Å². The van der Waals surface area contributed by atoms with Crippen LogP contribution in [0.5, 0.6) is 5.75 Å². The fourth-order valence-corrected chi connectivity index (χ4v) is 2.26. The summed E-state index contributed by atoms with van der Waals surface area (Å²) < 4.78 is 79.4. The van der Waals surface area contributed by atoms with Gasteiger partial charge in [0.05, 0.1) is 5.69 Å². The van der Waals surface area contributed by atoms with E-state index in [1.807, 2.05) is 0 Å². The molecule has 0 aliphatic rings. The molecule has 1 aromatic heterocycles. The molecular weight excluding hydrogens is 427 g/mol. The molecule has 2 nitrogen and oxygen atoms in total. The first kappa shape index (κ1) is 16.8. The van der Waals surface area contributed by atoms with E-state index in [1.54, 1.807) is 22.6 Å². The second-order valence-electron chi connectivity index (χ2n) is 4.10. The number of pyridine rings is 1. The van der Waals surface area contributed by atoms with Crippen LogP contribution in [0.3, 0.4) is 0 Å². The van der Waals surface area contributed by atoms with Gasteiger partial charge >= 0.3 is 12.5 Å². The van der Waals surface area contributed by atoms with Crippen LogP contribution >= 0.6 is 22.6 Å². The van der Waals surface area contributed by atoms with Gasteiger partial charge in [0, 0.05) is 9.13 Å². The highest BCUT2D eigenvalue weighted by Gasteiger charge is 2.34. The van der Waals surface area contributed by atoms with Crippen LogP contribution in [0.25, 0.3) is 11.3 Å². The number of hydrogen-bond acceptors (Lipinski definition) is 2. The Kier molecular flexibility index (Phi) is 4.54. The summed E-state index contributed by atoms with van der Waals surface area (Å²) in [4.78, 5) is 3.39. The second-order valence-corrected chi connectivity index (χ2v) is 5.34. The molecule has 22 heavy (non-hydrogen) atoms. The molecule has 0 spiro atoms. The van der Waals surface area contributed by atoms with E-state index in [2.05, 4.69) is 9.72 Å². The van der Waals surface area contributed by atoms with Crippen molar-refractivity contribution in [2.45, 2.75) is 12.5 Å². The van der Waals surface area contributed by atoms with Crippen LogP contribution in [0, 0.1) is 3.57 Å². The van der Waals surface area contributed by atoms with Crippen LogP contribution in [0.15, 0.2) is 36.4 Å². The maximum Gasteiger partial charge on any atom is 0.573 e. The van der Waals surface area contributed by atoms with E-state index in [9.17, 15) is 26.3 Å². The summed E-state index contributed by atoms with van der Waals surface area (Å²) in [7, 11) is 0. The Morgan fingerprint density at radius 1 is 0.955 bits per heavy atom. The highest BCUT2D eigenvalue weighted by molar-refractivity contribution is 14.1.